The summed E-state index contributed by atoms with van der Waals surface area (Å²) < 4.78 is 29.9. The monoisotopic (exact) mass is 309 g/mol. The fourth-order valence-corrected chi connectivity index (χ4v) is 3.19. The Labute approximate surface area is 124 Å². The normalized spacial score (nSPS) is 11.8. The third-order valence-corrected chi connectivity index (χ3v) is 4.72. The number of nitrogens with two attached hydrogens (primary N) is 1. The number of rotatable bonds is 6. The zero-order valence-electron chi connectivity index (χ0n) is 12.0. The molecule has 2 aromatic rings. The van der Waals surface area contributed by atoms with Crippen molar-refractivity contribution in [2.24, 2.45) is 0 Å². The maximum absolute atomic E-state index is 12.3. The lowest BCUT2D eigenvalue weighted by Gasteiger charge is -2.19. The minimum Gasteiger partial charge on any atom is -0.399 e. The van der Waals surface area contributed by atoms with E-state index in [1.54, 1.807) is 44.2 Å². The number of aromatic nitrogens is 2. The second kappa shape index (κ2) is 6.15. The molecule has 0 saturated carbocycles. The topological polar surface area (TPSA) is 93.2 Å². The van der Waals surface area contributed by atoms with Crippen LogP contribution in [0.5, 0.6) is 0 Å². The van der Waals surface area contributed by atoms with Crippen LogP contribution >= 0.6 is 0 Å². The van der Waals surface area contributed by atoms with Crippen LogP contribution in [-0.4, -0.2) is 35.6 Å². The second-order valence-electron chi connectivity index (χ2n) is 4.41. The van der Waals surface area contributed by atoms with Gasteiger partial charge in [0, 0.05) is 24.8 Å². The molecule has 8 heteroatoms. The molecule has 0 fully saturated rings. The number of nitrogens with one attached hydrogen (secondary N) is 1. The van der Waals surface area contributed by atoms with Crippen LogP contribution in [0.4, 0.5) is 11.5 Å². The van der Waals surface area contributed by atoms with Crippen LogP contribution in [0.2, 0.25) is 0 Å². The van der Waals surface area contributed by atoms with Gasteiger partial charge in [0.05, 0.1) is 11.9 Å². The highest BCUT2D eigenvalue weighted by Gasteiger charge is 2.20. The molecule has 1 aromatic carbocycles. The van der Waals surface area contributed by atoms with Crippen molar-refractivity contribution in [3.8, 4) is 5.69 Å². The molecule has 21 heavy (non-hydrogen) atoms. The predicted molar refractivity (Wildman–Crippen MR) is 83.4 cm³/mol. The van der Waals surface area contributed by atoms with Crippen LogP contribution in [0.3, 0.4) is 0 Å². The Balaban J connectivity index is 2.31. The lowest BCUT2D eigenvalue weighted by molar-refractivity contribution is 0.449. The summed E-state index contributed by atoms with van der Waals surface area (Å²) in [6.45, 7) is 4.39. The van der Waals surface area contributed by atoms with Crippen LogP contribution in [-0.2, 0) is 10.2 Å². The van der Waals surface area contributed by atoms with Crippen molar-refractivity contribution in [3.63, 3.8) is 0 Å². The van der Waals surface area contributed by atoms with Gasteiger partial charge in [-0.25, -0.2) is 4.68 Å². The number of hydrogen-bond donors (Lipinski definition) is 2. The lowest BCUT2D eigenvalue weighted by Crippen LogP contribution is -2.36. The van der Waals surface area contributed by atoms with Gasteiger partial charge in [0.25, 0.3) is 0 Å². The van der Waals surface area contributed by atoms with E-state index >= 15 is 0 Å². The molecule has 7 nitrogen and oxygen atoms in total. The second-order valence-corrected chi connectivity index (χ2v) is 6.08. The summed E-state index contributed by atoms with van der Waals surface area (Å²) >= 11 is 0. The van der Waals surface area contributed by atoms with Crippen molar-refractivity contribution in [2.75, 3.05) is 23.5 Å². The first-order valence-corrected chi connectivity index (χ1v) is 8.09. The molecular formula is C13H19N5O2S. The van der Waals surface area contributed by atoms with Gasteiger partial charge in [0.1, 0.15) is 5.82 Å². The van der Waals surface area contributed by atoms with Crippen molar-refractivity contribution >= 4 is 21.7 Å². The molecule has 2 rings (SSSR count). The highest BCUT2D eigenvalue weighted by molar-refractivity contribution is 7.90. The Morgan fingerprint density at radius 3 is 2.38 bits per heavy atom. The van der Waals surface area contributed by atoms with Gasteiger partial charge in [0.2, 0.25) is 0 Å². The molecule has 0 unspecified atom stereocenters. The summed E-state index contributed by atoms with van der Waals surface area (Å²) in [6, 6.07) is 8.63. The van der Waals surface area contributed by atoms with Crippen LogP contribution in [0.1, 0.15) is 13.8 Å². The minimum atomic E-state index is -3.59. The van der Waals surface area contributed by atoms with Crippen LogP contribution < -0.4 is 10.5 Å². The fraction of sp³-hybridized carbons (Fsp3) is 0.308. The molecule has 0 atom stereocenters. The Morgan fingerprint density at radius 2 is 1.81 bits per heavy atom. The molecule has 3 N–H and O–H groups in total. The van der Waals surface area contributed by atoms with Crippen molar-refractivity contribution in [1.29, 1.82) is 0 Å². The van der Waals surface area contributed by atoms with E-state index in [0.29, 0.717) is 24.6 Å². The number of nitrogens with zero attached hydrogens (tertiary/aromatic N) is 3. The van der Waals surface area contributed by atoms with Gasteiger partial charge in [-0.2, -0.15) is 17.8 Å². The van der Waals surface area contributed by atoms with Gasteiger partial charge in [-0.1, -0.05) is 13.8 Å². The van der Waals surface area contributed by atoms with Gasteiger partial charge < -0.3 is 5.73 Å². The Hall–Kier alpha value is -2.06. The van der Waals surface area contributed by atoms with E-state index in [9.17, 15) is 8.42 Å². The Morgan fingerprint density at radius 1 is 1.19 bits per heavy atom. The largest absolute Gasteiger partial charge is 0.399 e. The number of nitrogen functional groups attached to an aromatic ring is 1. The van der Waals surface area contributed by atoms with Gasteiger partial charge in [0.15, 0.2) is 0 Å². The van der Waals surface area contributed by atoms with E-state index in [2.05, 4.69) is 9.82 Å². The first kappa shape index (κ1) is 15.3. The van der Waals surface area contributed by atoms with Crippen molar-refractivity contribution in [1.82, 2.24) is 14.1 Å². The summed E-state index contributed by atoms with van der Waals surface area (Å²) in [6.07, 6.45) is 1.54. The lowest BCUT2D eigenvalue weighted by atomic mass is 10.3. The van der Waals surface area contributed by atoms with Crippen molar-refractivity contribution < 1.29 is 8.42 Å². The third kappa shape index (κ3) is 3.34. The number of anilines is 2. The smallest absolute Gasteiger partial charge is 0.302 e. The molecule has 0 radical (unpaired) electrons. The Kier molecular flexibility index (Phi) is 4.49. The van der Waals surface area contributed by atoms with Gasteiger partial charge in [-0.3, -0.25) is 4.72 Å². The summed E-state index contributed by atoms with van der Waals surface area (Å²) in [5, 5.41) is 4.14. The van der Waals surface area contributed by atoms with Gasteiger partial charge >= 0.3 is 10.2 Å². The van der Waals surface area contributed by atoms with E-state index < -0.39 is 10.2 Å². The molecule has 0 bridgehead atoms. The molecule has 0 spiro atoms. The van der Waals surface area contributed by atoms with E-state index in [0.717, 1.165) is 5.69 Å². The fourth-order valence-electron chi connectivity index (χ4n) is 1.96. The molecule has 0 aliphatic rings. The summed E-state index contributed by atoms with van der Waals surface area (Å²) in [5.74, 6) is 0.381. The van der Waals surface area contributed by atoms with Gasteiger partial charge in [-0.05, 0) is 24.3 Å². The minimum absolute atomic E-state index is 0.381. The zero-order chi connectivity index (χ0) is 15.5. The molecule has 1 aromatic heterocycles. The third-order valence-electron chi connectivity index (χ3n) is 3.06. The van der Waals surface area contributed by atoms with Crippen LogP contribution in [0.25, 0.3) is 5.69 Å². The van der Waals surface area contributed by atoms with E-state index in [-0.39, 0.29) is 0 Å². The molecule has 114 valence electrons. The maximum Gasteiger partial charge on any atom is 0.302 e. The maximum atomic E-state index is 12.3. The van der Waals surface area contributed by atoms with Crippen LogP contribution in [0, 0.1) is 0 Å². The van der Waals surface area contributed by atoms with Crippen LogP contribution in [0.15, 0.2) is 36.5 Å². The standard InChI is InChI=1S/C13H19N5O2S/c1-3-17(4-2)21(19,20)16-13-9-10-15-18(13)12-7-5-11(14)6-8-12/h5-10,16H,3-4,14H2,1-2H3. The SMILES string of the molecule is CCN(CC)S(=O)(=O)Nc1ccnn1-c1ccc(N)cc1. The number of benzene rings is 1. The van der Waals surface area contributed by atoms with E-state index in [1.807, 2.05) is 0 Å². The average Bonchev–Trinajstić information content (AvgIpc) is 2.88. The molecule has 0 aliphatic heterocycles. The average molecular weight is 309 g/mol. The highest BCUT2D eigenvalue weighted by Crippen LogP contribution is 2.18. The molecule has 0 aliphatic carbocycles. The summed E-state index contributed by atoms with van der Waals surface area (Å²) in [4.78, 5) is 0. The van der Waals surface area contributed by atoms with E-state index in [1.165, 1.54) is 15.2 Å². The van der Waals surface area contributed by atoms with Gasteiger partial charge in [-0.15, -0.1) is 0 Å². The summed E-state index contributed by atoms with van der Waals surface area (Å²) in [5.41, 5.74) is 7.01. The molecular weight excluding hydrogens is 290 g/mol. The first-order chi connectivity index (χ1) is 9.97. The molecule has 0 saturated heterocycles. The number of hydrogen-bond acceptors (Lipinski definition) is 4. The molecule has 0 amide bonds. The Bertz CT molecular complexity index is 690. The molecule has 1 heterocycles. The van der Waals surface area contributed by atoms with Crippen molar-refractivity contribution in [2.45, 2.75) is 13.8 Å². The summed E-state index contributed by atoms with van der Waals surface area (Å²) in [7, 11) is -3.59. The van der Waals surface area contributed by atoms with E-state index in [4.69, 9.17) is 5.73 Å². The van der Waals surface area contributed by atoms with Crippen molar-refractivity contribution in [3.05, 3.63) is 36.5 Å². The quantitative estimate of drug-likeness (QED) is 0.790. The highest BCUT2D eigenvalue weighted by atomic mass is 32.2. The predicted octanol–water partition coefficient (Wildman–Crippen LogP) is 1.45. The zero-order valence-corrected chi connectivity index (χ0v) is 12.8. The first-order valence-electron chi connectivity index (χ1n) is 6.65.